The topological polar surface area (TPSA) is 60.3 Å². The summed E-state index contributed by atoms with van der Waals surface area (Å²) in [6.45, 7) is 2.28. The van der Waals surface area contributed by atoms with Crippen molar-refractivity contribution in [3.63, 3.8) is 0 Å². The monoisotopic (exact) mass is 374 g/mol. The number of carbonyl (C=O) groups is 1. The van der Waals surface area contributed by atoms with Crippen LogP contribution in [0.1, 0.15) is 17.7 Å². The fourth-order valence-electron chi connectivity index (χ4n) is 2.10. The maximum Gasteiger partial charge on any atom is 0.416 e. The third-order valence-corrected chi connectivity index (χ3v) is 4.27. The Balaban J connectivity index is 1.72. The molecule has 0 unspecified atom stereocenters. The zero-order chi connectivity index (χ0) is 18.4. The van der Waals surface area contributed by atoms with Gasteiger partial charge in [0.05, 0.1) is 12.1 Å². The van der Waals surface area contributed by atoms with Crippen LogP contribution in [0.5, 0.6) is 5.75 Å². The first-order valence-electron chi connectivity index (χ1n) is 7.49. The molecule has 5 nitrogen and oxygen atoms in total. The van der Waals surface area contributed by atoms with E-state index in [4.69, 9.17) is 4.74 Å². The van der Waals surface area contributed by atoms with Gasteiger partial charge in [0.25, 0.3) is 0 Å². The number of rotatable bonds is 7. The first-order valence-corrected chi connectivity index (χ1v) is 8.37. The van der Waals surface area contributed by atoms with Crippen LogP contribution in [-0.2, 0) is 17.5 Å². The van der Waals surface area contributed by atoms with Gasteiger partial charge in [-0.2, -0.15) is 13.2 Å². The van der Waals surface area contributed by atoms with Gasteiger partial charge in [0.15, 0.2) is 0 Å². The maximum absolute atomic E-state index is 12.6. The average Bonchev–Trinajstić information content (AvgIpc) is 2.87. The minimum absolute atomic E-state index is 0.0461. The van der Waals surface area contributed by atoms with E-state index in [2.05, 4.69) is 5.32 Å². The molecule has 0 saturated carbocycles. The van der Waals surface area contributed by atoms with Gasteiger partial charge in [-0.25, -0.2) is 0 Å². The predicted octanol–water partition coefficient (Wildman–Crippen LogP) is 2.82. The van der Waals surface area contributed by atoms with E-state index in [1.807, 2.05) is 0 Å². The van der Waals surface area contributed by atoms with Crippen molar-refractivity contribution in [1.29, 1.82) is 0 Å². The van der Waals surface area contributed by atoms with Crippen LogP contribution < -0.4 is 14.9 Å². The van der Waals surface area contributed by atoms with Crippen molar-refractivity contribution in [3.05, 3.63) is 50.6 Å². The Morgan fingerprint density at radius 3 is 2.76 bits per heavy atom. The Morgan fingerprint density at radius 1 is 1.36 bits per heavy atom. The van der Waals surface area contributed by atoms with Gasteiger partial charge in [-0.15, -0.1) is 0 Å². The van der Waals surface area contributed by atoms with Gasteiger partial charge in [-0.05, 0) is 25.1 Å². The van der Waals surface area contributed by atoms with Crippen LogP contribution in [0.15, 0.2) is 34.4 Å². The van der Waals surface area contributed by atoms with E-state index in [1.54, 1.807) is 12.3 Å². The van der Waals surface area contributed by atoms with Crippen LogP contribution in [0.25, 0.3) is 0 Å². The van der Waals surface area contributed by atoms with Crippen molar-refractivity contribution in [2.75, 3.05) is 13.2 Å². The summed E-state index contributed by atoms with van der Waals surface area (Å²) in [5.74, 6) is -0.172. The van der Waals surface area contributed by atoms with E-state index < -0.39 is 11.7 Å². The lowest BCUT2D eigenvalue weighted by Gasteiger charge is -2.11. The number of hydrogen-bond donors (Lipinski definition) is 1. The molecule has 25 heavy (non-hydrogen) atoms. The highest BCUT2D eigenvalue weighted by Crippen LogP contribution is 2.31. The number of aromatic nitrogens is 1. The molecule has 2 aromatic rings. The molecule has 0 radical (unpaired) electrons. The molecule has 2 rings (SSSR count). The molecule has 1 amide bonds. The Labute approximate surface area is 146 Å². The molecule has 1 aromatic carbocycles. The van der Waals surface area contributed by atoms with Crippen molar-refractivity contribution in [1.82, 2.24) is 9.88 Å². The number of aryl methyl sites for hydroxylation is 1. The summed E-state index contributed by atoms with van der Waals surface area (Å²) in [4.78, 5) is 23.1. The molecule has 0 bridgehead atoms. The van der Waals surface area contributed by atoms with Gasteiger partial charge < -0.3 is 14.6 Å². The molecule has 1 heterocycles. The molecular formula is C16H17F3N2O3S. The van der Waals surface area contributed by atoms with Gasteiger partial charge >= 0.3 is 11.0 Å². The molecular weight excluding hydrogens is 357 g/mol. The number of benzene rings is 1. The van der Waals surface area contributed by atoms with Crippen LogP contribution in [0.2, 0.25) is 0 Å². The summed E-state index contributed by atoms with van der Waals surface area (Å²) >= 11 is 1.08. The quantitative estimate of drug-likeness (QED) is 0.758. The summed E-state index contributed by atoms with van der Waals surface area (Å²) in [5.41, 5.74) is 0.0151. The van der Waals surface area contributed by atoms with Crippen LogP contribution in [0, 0.1) is 6.92 Å². The van der Waals surface area contributed by atoms with Gasteiger partial charge in [0, 0.05) is 24.0 Å². The zero-order valence-electron chi connectivity index (χ0n) is 13.4. The molecule has 0 saturated heterocycles. The predicted molar refractivity (Wildman–Crippen MR) is 87.9 cm³/mol. The summed E-state index contributed by atoms with van der Waals surface area (Å²) in [5, 5.41) is 4.33. The molecule has 1 aromatic heterocycles. The SMILES string of the molecule is Cc1csc(=O)n1CCC(=O)NCCOc1cccc(C(F)(F)F)c1. The normalized spacial score (nSPS) is 11.4. The smallest absolute Gasteiger partial charge is 0.416 e. The van der Waals surface area contributed by atoms with Crippen molar-refractivity contribution in [3.8, 4) is 5.75 Å². The number of amides is 1. The molecule has 0 fully saturated rings. The number of nitrogens with zero attached hydrogens (tertiary/aromatic N) is 1. The Kier molecular flexibility index (Phi) is 6.24. The van der Waals surface area contributed by atoms with Crippen molar-refractivity contribution in [2.45, 2.75) is 26.1 Å². The van der Waals surface area contributed by atoms with E-state index in [1.165, 1.54) is 16.7 Å². The first kappa shape index (κ1) is 19.0. The Bertz CT molecular complexity index is 783. The molecule has 9 heteroatoms. The van der Waals surface area contributed by atoms with Crippen LogP contribution in [0.3, 0.4) is 0 Å². The van der Waals surface area contributed by atoms with E-state index in [-0.39, 0.29) is 42.6 Å². The van der Waals surface area contributed by atoms with Crippen LogP contribution >= 0.6 is 11.3 Å². The second-order valence-electron chi connectivity index (χ2n) is 5.27. The second kappa shape index (κ2) is 8.19. The molecule has 0 atom stereocenters. The van der Waals surface area contributed by atoms with Crippen LogP contribution in [0.4, 0.5) is 13.2 Å². The lowest BCUT2D eigenvalue weighted by Crippen LogP contribution is -2.29. The highest BCUT2D eigenvalue weighted by Gasteiger charge is 2.30. The number of hydrogen-bond acceptors (Lipinski definition) is 4. The fourth-order valence-corrected chi connectivity index (χ4v) is 2.86. The standard InChI is InChI=1S/C16H17F3N2O3S/c1-11-10-25-15(23)21(11)7-5-14(22)20-6-8-24-13-4-2-3-12(9-13)16(17,18)19/h2-4,9-10H,5-8H2,1H3,(H,20,22). The lowest BCUT2D eigenvalue weighted by molar-refractivity contribution is -0.137. The number of nitrogens with one attached hydrogen (secondary N) is 1. The first-order chi connectivity index (χ1) is 11.8. The zero-order valence-corrected chi connectivity index (χ0v) is 14.2. The summed E-state index contributed by atoms with van der Waals surface area (Å²) in [6, 6.07) is 4.55. The van der Waals surface area contributed by atoms with E-state index >= 15 is 0 Å². The summed E-state index contributed by atoms with van der Waals surface area (Å²) in [6.07, 6.45) is -4.29. The summed E-state index contributed by atoms with van der Waals surface area (Å²) in [7, 11) is 0. The molecule has 0 aliphatic carbocycles. The number of alkyl halides is 3. The van der Waals surface area contributed by atoms with Crippen molar-refractivity contribution in [2.24, 2.45) is 0 Å². The molecule has 0 spiro atoms. The molecule has 1 N–H and O–H groups in total. The molecule has 0 aliphatic heterocycles. The average molecular weight is 374 g/mol. The van der Waals surface area contributed by atoms with Crippen LogP contribution in [-0.4, -0.2) is 23.6 Å². The second-order valence-corrected chi connectivity index (χ2v) is 6.09. The maximum atomic E-state index is 12.6. The van der Waals surface area contributed by atoms with Gasteiger partial charge in [-0.3, -0.25) is 9.59 Å². The minimum Gasteiger partial charge on any atom is -0.492 e. The van der Waals surface area contributed by atoms with Crippen molar-refractivity contribution < 1.29 is 22.7 Å². The lowest BCUT2D eigenvalue weighted by atomic mass is 10.2. The number of ether oxygens (including phenoxy) is 1. The number of halogens is 3. The van der Waals surface area contributed by atoms with E-state index in [0.29, 0.717) is 0 Å². The van der Waals surface area contributed by atoms with E-state index in [9.17, 15) is 22.8 Å². The Hall–Kier alpha value is -2.29. The largest absolute Gasteiger partial charge is 0.492 e. The molecule has 136 valence electrons. The number of carbonyl (C=O) groups excluding carboxylic acids is 1. The van der Waals surface area contributed by atoms with E-state index in [0.717, 1.165) is 29.2 Å². The molecule has 0 aliphatic rings. The van der Waals surface area contributed by atoms with Crippen molar-refractivity contribution >= 4 is 17.2 Å². The van der Waals surface area contributed by atoms with Gasteiger partial charge in [0.1, 0.15) is 12.4 Å². The van der Waals surface area contributed by atoms with Gasteiger partial charge in [-0.1, -0.05) is 17.4 Å². The fraction of sp³-hybridized carbons (Fsp3) is 0.375. The Morgan fingerprint density at radius 2 is 2.12 bits per heavy atom. The highest BCUT2D eigenvalue weighted by molar-refractivity contribution is 7.07. The minimum atomic E-state index is -4.43. The number of thiazole rings is 1. The summed E-state index contributed by atoms with van der Waals surface area (Å²) < 4.78 is 44.5. The third-order valence-electron chi connectivity index (χ3n) is 3.39. The highest BCUT2D eigenvalue weighted by atomic mass is 32.1. The third kappa shape index (κ3) is 5.63. The van der Waals surface area contributed by atoms with Gasteiger partial charge in [0.2, 0.25) is 5.91 Å².